The van der Waals surface area contributed by atoms with Crippen molar-refractivity contribution < 1.29 is 13.2 Å². The molecule has 1 aromatic heterocycles. The molecule has 0 fully saturated rings. The van der Waals surface area contributed by atoms with Crippen LogP contribution in [0.5, 0.6) is 0 Å². The second-order valence-electron chi connectivity index (χ2n) is 5.80. The van der Waals surface area contributed by atoms with Crippen LogP contribution in [0.15, 0.2) is 34.5 Å². The van der Waals surface area contributed by atoms with Gasteiger partial charge in [-0.25, -0.2) is 13.4 Å². The summed E-state index contributed by atoms with van der Waals surface area (Å²) >= 11 is 1.36. The maximum Gasteiger partial charge on any atom is 0.243 e. The Bertz CT molecular complexity index is 826. The van der Waals surface area contributed by atoms with Gasteiger partial charge in [-0.2, -0.15) is 4.31 Å². The number of sulfonamides is 1. The molecular formula is C18H25N3O3S2. The standard InChI is InChI=1S/C18H25N3O3S2/c1-4-7-8-17(22)20-18-19-16(13-25-18)14-9-11-15(12-10-14)26(23,24)21(5-2)6-3/h9-13H,4-8H2,1-3H3,(H,19,20,22). The third kappa shape index (κ3) is 4.90. The minimum Gasteiger partial charge on any atom is -0.302 e. The number of carbonyl (C=O) groups excluding carboxylic acids is 1. The van der Waals surface area contributed by atoms with Crippen LogP contribution >= 0.6 is 11.3 Å². The molecule has 0 spiro atoms. The van der Waals surface area contributed by atoms with E-state index in [2.05, 4.69) is 10.3 Å². The minimum absolute atomic E-state index is 0.0339. The van der Waals surface area contributed by atoms with E-state index in [0.717, 1.165) is 18.4 Å². The predicted octanol–water partition coefficient (Wildman–Crippen LogP) is 3.97. The van der Waals surface area contributed by atoms with Crippen molar-refractivity contribution in [1.29, 1.82) is 0 Å². The molecule has 26 heavy (non-hydrogen) atoms. The number of aromatic nitrogens is 1. The van der Waals surface area contributed by atoms with E-state index < -0.39 is 10.0 Å². The van der Waals surface area contributed by atoms with E-state index in [4.69, 9.17) is 0 Å². The molecule has 0 aliphatic carbocycles. The van der Waals surface area contributed by atoms with Crippen molar-refractivity contribution in [1.82, 2.24) is 9.29 Å². The normalized spacial score (nSPS) is 11.7. The van der Waals surface area contributed by atoms with E-state index in [1.54, 1.807) is 24.3 Å². The van der Waals surface area contributed by atoms with Crippen molar-refractivity contribution in [3.05, 3.63) is 29.6 Å². The Morgan fingerprint density at radius 2 is 1.81 bits per heavy atom. The van der Waals surface area contributed by atoms with Crippen molar-refractivity contribution in [2.24, 2.45) is 0 Å². The van der Waals surface area contributed by atoms with E-state index >= 15 is 0 Å². The molecule has 2 rings (SSSR count). The molecule has 0 aliphatic rings. The van der Waals surface area contributed by atoms with Gasteiger partial charge < -0.3 is 5.32 Å². The Kier molecular flexibility index (Phi) is 7.31. The second kappa shape index (κ2) is 9.25. The first-order chi connectivity index (χ1) is 12.4. The highest BCUT2D eigenvalue weighted by Crippen LogP contribution is 2.26. The van der Waals surface area contributed by atoms with Crippen LogP contribution in [-0.2, 0) is 14.8 Å². The maximum atomic E-state index is 12.5. The van der Waals surface area contributed by atoms with Crippen LogP contribution in [0.2, 0.25) is 0 Å². The number of nitrogens with zero attached hydrogens (tertiary/aromatic N) is 2. The summed E-state index contributed by atoms with van der Waals surface area (Å²) in [6.45, 7) is 6.56. The third-order valence-electron chi connectivity index (χ3n) is 4.00. The van der Waals surface area contributed by atoms with Crippen molar-refractivity contribution in [2.45, 2.75) is 44.9 Å². The summed E-state index contributed by atoms with van der Waals surface area (Å²) in [5, 5.41) is 5.21. The Balaban J connectivity index is 2.13. The van der Waals surface area contributed by atoms with Gasteiger partial charge in [0.25, 0.3) is 0 Å². The van der Waals surface area contributed by atoms with Gasteiger partial charge in [0.2, 0.25) is 15.9 Å². The average molecular weight is 396 g/mol. The lowest BCUT2D eigenvalue weighted by atomic mass is 10.2. The van der Waals surface area contributed by atoms with E-state index in [1.807, 2.05) is 26.2 Å². The van der Waals surface area contributed by atoms with Crippen LogP contribution in [0.25, 0.3) is 11.3 Å². The Hall–Kier alpha value is -1.77. The number of rotatable bonds is 9. The Labute approximate surface area is 159 Å². The lowest BCUT2D eigenvalue weighted by Gasteiger charge is -2.18. The van der Waals surface area contributed by atoms with Gasteiger partial charge in [0.15, 0.2) is 5.13 Å². The topological polar surface area (TPSA) is 79.4 Å². The molecule has 0 radical (unpaired) electrons. The van der Waals surface area contributed by atoms with Gasteiger partial charge in [0.1, 0.15) is 0 Å². The minimum atomic E-state index is -3.46. The molecular weight excluding hydrogens is 370 g/mol. The van der Waals surface area contributed by atoms with Gasteiger partial charge in [-0.1, -0.05) is 39.3 Å². The molecule has 1 N–H and O–H groups in total. The molecule has 0 unspecified atom stereocenters. The lowest BCUT2D eigenvalue weighted by Crippen LogP contribution is -2.30. The molecule has 1 heterocycles. The van der Waals surface area contributed by atoms with Crippen molar-refractivity contribution in [3.63, 3.8) is 0 Å². The lowest BCUT2D eigenvalue weighted by molar-refractivity contribution is -0.116. The number of carbonyl (C=O) groups is 1. The van der Waals surface area contributed by atoms with Crippen molar-refractivity contribution in [3.8, 4) is 11.3 Å². The monoisotopic (exact) mass is 395 g/mol. The highest BCUT2D eigenvalue weighted by Gasteiger charge is 2.21. The fourth-order valence-electron chi connectivity index (χ4n) is 2.49. The highest BCUT2D eigenvalue weighted by atomic mass is 32.2. The van der Waals surface area contributed by atoms with Crippen LogP contribution < -0.4 is 5.32 Å². The van der Waals surface area contributed by atoms with Gasteiger partial charge in [-0.05, 0) is 18.6 Å². The number of anilines is 1. The molecule has 0 atom stereocenters. The van der Waals surface area contributed by atoms with E-state index in [0.29, 0.717) is 30.3 Å². The largest absolute Gasteiger partial charge is 0.302 e. The zero-order chi connectivity index (χ0) is 19.2. The molecule has 6 nitrogen and oxygen atoms in total. The first-order valence-electron chi connectivity index (χ1n) is 8.78. The summed E-state index contributed by atoms with van der Waals surface area (Å²) in [6, 6.07) is 6.69. The van der Waals surface area contributed by atoms with Crippen LogP contribution in [0.1, 0.15) is 40.0 Å². The third-order valence-corrected chi connectivity index (χ3v) is 6.82. The van der Waals surface area contributed by atoms with E-state index in [-0.39, 0.29) is 10.8 Å². The maximum absolute atomic E-state index is 12.5. The molecule has 142 valence electrons. The number of hydrogen-bond acceptors (Lipinski definition) is 5. The number of benzene rings is 1. The molecule has 8 heteroatoms. The van der Waals surface area contributed by atoms with E-state index in [1.165, 1.54) is 15.6 Å². The van der Waals surface area contributed by atoms with Gasteiger partial charge in [-0.15, -0.1) is 11.3 Å². The summed E-state index contributed by atoms with van der Waals surface area (Å²) in [4.78, 5) is 16.5. The first-order valence-corrected chi connectivity index (χ1v) is 11.1. The summed E-state index contributed by atoms with van der Waals surface area (Å²) in [6.07, 6.45) is 2.31. The smallest absolute Gasteiger partial charge is 0.243 e. The fraction of sp³-hybridized carbons (Fsp3) is 0.444. The summed E-state index contributed by atoms with van der Waals surface area (Å²) in [5.74, 6) is -0.0339. The van der Waals surface area contributed by atoms with Crippen LogP contribution in [0.4, 0.5) is 5.13 Å². The number of amides is 1. The van der Waals surface area contributed by atoms with Crippen molar-refractivity contribution >= 4 is 32.4 Å². The number of hydrogen-bond donors (Lipinski definition) is 1. The molecule has 0 saturated carbocycles. The summed E-state index contributed by atoms with van der Waals surface area (Å²) in [5.41, 5.74) is 1.53. The first kappa shape index (κ1) is 20.5. The van der Waals surface area contributed by atoms with Crippen LogP contribution in [-0.4, -0.2) is 36.7 Å². The zero-order valence-corrected chi connectivity index (χ0v) is 17.0. The Morgan fingerprint density at radius 1 is 1.15 bits per heavy atom. The van der Waals surface area contributed by atoms with Crippen molar-refractivity contribution in [2.75, 3.05) is 18.4 Å². The molecule has 2 aromatic rings. The van der Waals surface area contributed by atoms with Crippen LogP contribution in [0.3, 0.4) is 0 Å². The highest BCUT2D eigenvalue weighted by molar-refractivity contribution is 7.89. The van der Waals surface area contributed by atoms with Gasteiger partial charge in [0, 0.05) is 30.5 Å². The summed E-state index contributed by atoms with van der Waals surface area (Å²) in [7, 11) is -3.46. The predicted molar refractivity (Wildman–Crippen MR) is 106 cm³/mol. The van der Waals surface area contributed by atoms with Gasteiger partial charge in [0.05, 0.1) is 10.6 Å². The summed E-state index contributed by atoms with van der Waals surface area (Å²) < 4.78 is 26.5. The van der Waals surface area contributed by atoms with Gasteiger partial charge in [-0.3, -0.25) is 4.79 Å². The quantitative estimate of drug-likeness (QED) is 0.697. The molecule has 1 aromatic carbocycles. The van der Waals surface area contributed by atoms with Crippen LogP contribution in [0, 0.1) is 0 Å². The molecule has 0 bridgehead atoms. The second-order valence-corrected chi connectivity index (χ2v) is 8.60. The fourth-order valence-corrected chi connectivity index (χ4v) is 4.69. The SMILES string of the molecule is CCCCC(=O)Nc1nc(-c2ccc(S(=O)(=O)N(CC)CC)cc2)cs1. The number of nitrogens with one attached hydrogen (secondary N) is 1. The molecule has 0 aliphatic heterocycles. The van der Waals surface area contributed by atoms with Gasteiger partial charge >= 0.3 is 0 Å². The molecule has 0 saturated heterocycles. The number of unbranched alkanes of at least 4 members (excludes halogenated alkanes) is 1. The Morgan fingerprint density at radius 3 is 2.38 bits per heavy atom. The average Bonchev–Trinajstić information content (AvgIpc) is 3.09. The zero-order valence-electron chi connectivity index (χ0n) is 15.4. The molecule has 1 amide bonds. The van der Waals surface area contributed by atoms with E-state index in [9.17, 15) is 13.2 Å². The number of thiazole rings is 1.